The number of benzene rings is 1. The number of aliphatic hydroxyl groups excluding tert-OH is 2. The van der Waals surface area contributed by atoms with Crippen LogP contribution in [0.2, 0.25) is 4.47 Å². The molecule has 1 aliphatic carbocycles. The van der Waals surface area contributed by atoms with Crippen molar-refractivity contribution in [1.82, 2.24) is 4.98 Å². The molecule has 1 heterocycles. The third-order valence-electron chi connectivity index (χ3n) is 2.75. The van der Waals surface area contributed by atoms with Crippen LogP contribution in [0.1, 0.15) is 33.9 Å². The van der Waals surface area contributed by atoms with Gasteiger partial charge in [0.15, 0.2) is 4.47 Å². The summed E-state index contributed by atoms with van der Waals surface area (Å²) in [6, 6.07) is 7.26. The van der Waals surface area contributed by atoms with E-state index in [2.05, 4.69) is 4.98 Å². The van der Waals surface area contributed by atoms with Crippen LogP contribution < -0.4 is 0 Å². The van der Waals surface area contributed by atoms with Crippen LogP contribution in [0.5, 0.6) is 0 Å². The Hall–Kier alpha value is -0.940. The Morgan fingerprint density at radius 1 is 1.12 bits per heavy atom. The highest BCUT2D eigenvalue weighted by Crippen LogP contribution is 2.43. The fourth-order valence-electron chi connectivity index (χ4n) is 2.00. The normalized spacial score (nSPS) is 22.7. The molecule has 0 saturated heterocycles. The Kier molecular flexibility index (Phi) is 2.26. The molecule has 2 aromatic rings. The van der Waals surface area contributed by atoms with Gasteiger partial charge in [-0.2, -0.15) is 0 Å². The first-order valence-corrected chi connectivity index (χ1v) is 5.99. The molecule has 0 fully saturated rings. The van der Waals surface area contributed by atoms with Gasteiger partial charge in [0, 0.05) is 0 Å². The number of halogens is 1. The Morgan fingerprint density at radius 3 is 2.44 bits per heavy atom. The van der Waals surface area contributed by atoms with E-state index >= 15 is 0 Å². The van der Waals surface area contributed by atoms with Crippen LogP contribution in [-0.4, -0.2) is 15.2 Å². The van der Waals surface area contributed by atoms with E-state index in [-0.39, 0.29) is 0 Å². The number of thiazole rings is 1. The van der Waals surface area contributed by atoms with Crippen molar-refractivity contribution in [3.05, 3.63) is 50.4 Å². The highest BCUT2D eigenvalue weighted by Gasteiger charge is 2.33. The molecule has 0 bridgehead atoms. The van der Waals surface area contributed by atoms with E-state index in [1.165, 1.54) is 11.3 Å². The van der Waals surface area contributed by atoms with Gasteiger partial charge in [-0.15, -0.1) is 11.3 Å². The first kappa shape index (κ1) is 10.2. The van der Waals surface area contributed by atoms with Gasteiger partial charge in [0.25, 0.3) is 0 Å². The SMILES string of the molecule is OC1c2ccccc2C(O)c2sc(Cl)nc21. The first-order valence-electron chi connectivity index (χ1n) is 4.79. The number of aromatic nitrogens is 1. The Morgan fingerprint density at radius 2 is 1.75 bits per heavy atom. The van der Waals surface area contributed by atoms with E-state index in [0.717, 1.165) is 5.56 Å². The molecule has 5 heteroatoms. The van der Waals surface area contributed by atoms with Crippen molar-refractivity contribution in [3.63, 3.8) is 0 Å². The fraction of sp³-hybridized carbons (Fsp3) is 0.182. The minimum atomic E-state index is -0.793. The van der Waals surface area contributed by atoms with Crippen molar-refractivity contribution in [1.29, 1.82) is 0 Å². The number of rotatable bonds is 0. The second kappa shape index (κ2) is 3.53. The average molecular weight is 254 g/mol. The largest absolute Gasteiger partial charge is 0.383 e. The van der Waals surface area contributed by atoms with Crippen LogP contribution in [0.25, 0.3) is 0 Å². The van der Waals surface area contributed by atoms with Crippen LogP contribution in [-0.2, 0) is 0 Å². The number of aliphatic hydroxyl groups is 2. The van der Waals surface area contributed by atoms with E-state index in [9.17, 15) is 10.2 Å². The molecular formula is C11H8ClNO2S. The van der Waals surface area contributed by atoms with Crippen molar-refractivity contribution in [2.75, 3.05) is 0 Å². The molecule has 2 N–H and O–H groups in total. The molecule has 0 spiro atoms. The van der Waals surface area contributed by atoms with Gasteiger partial charge in [-0.1, -0.05) is 35.9 Å². The lowest BCUT2D eigenvalue weighted by atomic mass is 9.89. The van der Waals surface area contributed by atoms with Gasteiger partial charge in [-0.25, -0.2) is 4.98 Å². The van der Waals surface area contributed by atoms with Gasteiger partial charge in [0.05, 0.1) is 10.6 Å². The van der Waals surface area contributed by atoms with Crippen LogP contribution in [0, 0.1) is 0 Å². The zero-order valence-electron chi connectivity index (χ0n) is 8.09. The molecule has 1 aromatic heterocycles. The first-order chi connectivity index (χ1) is 7.68. The molecule has 1 aromatic carbocycles. The van der Waals surface area contributed by atoms with E-state index in [0.29, 0.717) is 20.6 Å². The number of nitrogens with zero attached hydrogens (tertiary/aromatic N) is 1. The summed E-state index contributed by atoms with van der Waals surface area (Å²) in [6.45, 7) is 0. The summed E-state index contributed by atoms with van der Waals surface area (Å²) in [5, 5.41) is 20.3. The van der Waals surface area contributed by atoms with Crippen LogP contribution in [0.15, 0.2) is 24.3 Å². The van der Waals surface area contributed by atoms with Crippen LogP contribution in [0.4, 0.5) is 0 Å². The molecule has 82 valence electrons. The maximum atomic E-state index is 10.1. The summed E-state index contributed by atoms with van der Waals surface area (Å²) in [4.78, 5) is 4.69. The Labute approximate surface area is 101 Å². The average Bonchev–Trinajstić information content (AvgIpc) is 2.68. The monoisotopic (exact) mass is 253 g/mol. The zero-order chi connectivity index (χ0) is 11.3. The van der Waals surface area contributed by atoms with Crippen molar-refractivity contribution < 1.29 is 10.2 Å². The van der Waals surface area contributed by atoms with E-state index in [4.69, 9.17) is 11.6 Å². The molecule has 0 saturated carbocycles. The standard InChI is InChI=1S/C11H8ClNO2S/c12-11-13-7-8(14)5-3-1-2-4-6(5)9(15)10(7)16-11/h1-4,8-9,14-15H. The van der Waals surface area contributed by atoms with E-state index in [1.807, 2.05) is 12.1 Å². The predicted molar refractivity (Wildman–Crippen MR) is 61.7 cm³/mol. The maximum Gasteiger partial charge on any atom is 0.184 e. The van der Waals surface area contributed by atoms with Crippen molar-refractivity contribution in [2.24, 2.45) is 0 Å². The van der Waals surface area contributed by atoms with E-state index < -0.39 is 12.2 Å². The van der Waals surface area contributed by atoms with Gasteiger partial charge < -0.3 is 10.2 Å². The van der Waals surface area contributed by atoms with E-state index in [1.54, 1.807) is 12.1 Å². The summed E-state index contributed by atoms with van der Waals surface area (Å²) in [7, 11) is 0. The smallest absolute Gasteiger partial charge is 0.184 e. The van der Waals surface area contributed by atoms with Gasteiger partial charge in [-0.3, -0.25) is 0 Å². The predicted octanol–water partition coefficient (Wildman–Crippen LogP) is 2.27. The summed E-state index contributed by atoms with van der Waals surface area (Å²) < 4.78 is 0.343. The molecule has 0 radical (unpaired) electrons. The minimum Gasteiger partial charge on any atom is -0.383 e. The molecule has 2 atom stereocenters. The molecule has 3 rings (SSSR count). The van der Waals surface area contributed by atoms with Gasteiger partial charge in [0.2, 0.25) is 0 Å². The number of hydrogen-bond donors (Lipinski definition) is 2. The maximum absolute atomic E-state index is 10.1. The highest BCUT2D eigenvalue weighted by molar-refractivity contribution is 7.16. The summed E-state index contributed by atoms with van der Waals surface area (Å²) in [5.41, 5.74) is 1.90. The zero-order valence-corrected chi connectivity index (χ0v) is 9.66. The molecule has 0 amide bonds. The van der Waals surface area contributed by atoms with Crippen molar-refractivity contribution in [2.45, 2.75) is 12.2 Å². The summed E-state index contributed by atoms with van der Waals surface area (Å²) in [5.74, 6) is 0. The molecular weight excluding hydrogens is 246 g/mol. The van der Waals surface area contributed by atoms with Gasteiger partial charge in [-0.05, 0) is 11.1 Å². The number of fused-ring (bicyclic) bond motifs is 2. The lowest BCUT2D eigenvalue weighted by Gasteiger charge is -2.24. The lowest BCUT2D eigenvalue weighted by Crippen LogP contribution is -2.16. The minimum absolute atomic E-state index is 0.343. The third kappa shape index (κ3) is 1.31. The summed E-state index contributed by atoms with van der Waals surface area (Å²) in [6.07, 6.45) is -1.53. The topological polar surface area (TPSA) is 53.4 Å². The fourth-order valence-corrected chi connectivity index (χ4v) is 3.17. The van der Waals surface area contributed by atoms with Crippen LogP contribution >= 0.6 is 22.9 Å². The van der Waals surface area contributed by atoms with Crippen molar-refractivity contribution >= 4 is 22.9 Å². The lowest BCUT2D eigenvalue weighted by molar-refractivity contribution is 0.173. The summed E-state index contributed by atoms with van der Waals surface area (Å²) >= 11 is 7.02. The van der Waals surface area contributed by atoms with Gasteiger partial charge >= 0.3 is 0 Å². The van der Waals surface area contributed by atoms with Crippen molar-refractivity contribution in [3.8, 4) is 0 Å². The second-order valence-electron chi connectivity index (χ2n) is 3.65. The number of hydrogen-bond acceptors (Lipinski definition) is 4. The molecule has 1 aliphatic rings. The molecule has 2 unspecified atom stereocenters. The Balaban J connectivity index is 2.25. The quantitative estimate of drug-likeness (QED) is 0.757. The Bertz CT molecular complexity index is 508. The van der Waals surface area contributed by atoms with Gasteiger partial charge in [0.1, 0.15) is 12.2 Å². The molecule has 16 heavy (non-hydrogen) atoms. The highest BCUT2D eigenvalue weighted by atomic mass is 35.5. The second-order valence-corrected chi connectivity index (χ2v) is 5.26. The third-order valence-corrected chi connectivity index (χ3v) is 3.98. The molecule has 0 aliphatic heterocycles. The van der Waals surface area contributed by atoms with Crippen LogP contribution in [0.3, 0.4) is 0 Å². The molecule has 3 nitrogen and oxygen atoms in total.